The standard InChI is InChI=1S/C8H14N4S/c1-5(2)7(6-3-4-6)12-8(13)9-10-11-12/h5-7H,3-4H2,1-2H3,(H,9,11,13). The molecule has 0 aromatic carbocycles. The Bertz CT molecular complexity index is 334. The number of rotatable bonds is 3. The van der Waals surface area contributed by atoms with E-state index in [4.69, 9.17) is 12.2 Å². The summed E-state index contributed by atoms with van der Waals surface area (Å²) < 4.78 is 2.50. The highest BCUT2D eigenvalue weighted by molar-refractivity contribution is 7.71. The molecule has 1 heterocycles. The van der Waals surface area contributed by atoms with E-state index in [1.165, 1.54) is 12.8 Å². The first kappa shape index (κ1) is 8.87. The molecule has 0 bridgehead atoms. The summed E-state index contributed by atoms with van der Waals surface area (Å²) in [6.07, 6.45) is 2.62. The minimum Gasteiger partial charge on any atom is -0.239 e. The van der Waals surface area contributed by atoms with Gasteiger partial charge in [0.15, 0.2) is 0 Å². The molecule has 0 amide bonds. The maximum atomic E-state index is 5.09. The van der Waals surface area contributed by atoms with Crippen molar-refractivity contribution in [2.45, 2.75) is 32.7 Å². The lowest BCUT2D eigenvalue weighted by atomic mass is 10.0. The molecule has 1 fully saturated rings. The molecule has 0 aliphatic heterocycles. The molecule has 1 atom stereocenters. The second-order valence-corrected chi connectivity index (χ2v) is 4.39. The SMILES string of the molecule is CC(C)C(C1CC1)n1[nH]nnc1=S. The van der Waals surface area contributed by atoms with Gasteiger partial charge >= 0.3 is 0 Å². The molecule has 1 saturated carbocycles. The number of hydrogen-bond acceptors (Lipinski definition) is 3. The van der Waals surface area contributed by atoms with Crippen molar-refractivity contribution in [3.8, 4) is 0 Å². The normalized spacial score (nSPS) is 19.3. The molecule has 2 rings (SSSR count). The first-order chi connectivity index (χ1) is 6.20. The van der Waals surface area contributed by atoms with E-state index >= 15 is 0 Å². The Morgan fingerprint density at radius 1 is 1.54 bits per heavy atom. The van der Waals surface area contributed by atoms with E-state index in [0.717, 1.165) is 5.92 Å². The van der Waals surface area contributed by atoms with Gasteiger partial charge in [0.2, 0.25) is 4.77 Å². The van der Waals surface area contributed by atoms with Crippen LogP contribution >= 0.6 is 12.2 Å². The highest BCUT2D eigenvalue weighted by Gasteiger charge is 2.35. The van der Waals surface area contributed by atoms with Crippen molar-refractivity contribution in [2.75, 3.05) is 0 Å². The minimum atomic E-state index is 0.461. The molecule has 72 valence electrons. The van der Waals surface area contributed by atoms with Crippen LogP contribution in [0.15, 0.2) is 0 Å². The van der Waals surface area contributed by atoms with Gasteiger partial charge in [-0.2, -0.15) is 5.21 Å². The Labute approximate surface area is 82.3 Å². The van der Waals surface area contributed by atoms with Crippen LogP contribution in [-0.2, 0) is 0 Å². The van der Waals surface area contributed by atoms with Crippen LogP contribution in [-0.4, -0.2) is 20.2 Å². The van der Waals surface area contributed by atoms with Crippen molar-refractivity contribution in [1.82, 2.24) is 20.2 Å². The summed E-state index contributed by atoms with van der Waals surface area (Å²) in [7, 11) is 0. The maximum Gasteiger partial charge on any atom is 0.238 e. The molecular weight excluding hydrogens is 184 g/mol. The Morgan fingerprint density at radius 2 is 2.23 bits per heavy atom. The lowest BCUT2D eigenvalue weighted by molar-refractivity contribution is 0.300. The van der Waals surface area contributed by atoms with Crippen molar-refractivity contribution in [2.24, 2.45) is 11.8 Å². The second-order valence-electron chi connectivity index (χ2n) is 4.02. The molecule has 1 aromatic heterocycles. The molecular formula is C8H14N4S. The van der Waals surface area contributed by atoms with Gasteiger partial charge in [0.1, 0.15) is 0 Å². The van der Waals surface area contributed by atoms with Gasteiger partial charge < -0.3 is 0 Å². The van der Waals surface area contributed by atoms with Gasteiger partial charge in [-0.1, -0.05) is 24.2 Å². The zero-order valence-electron chi connectivity index (χ0n) is 7.90. The number of aromatic nitrogens is 4. The second kappa shape index (κ2) is 3.21. The summed E-state index contributed by atoms with van der Waals surface area (Å²) in [6.45, 7) is 4.43. The van der Waals surface area contributed by atoms with Crippen LogP contribution in [0, 0.1) is 16.6 Å². The summed E-state index contributed by atoms with van der Waals surface area (Å²) in [4.78, 5) is 0. The number of nitrogens with one attached hydrogen (secondary N) is 1. The average Bonchev–Trinajstić information content (AvgIpc) is 2.78. The maximum absolute atomic E-state index is 5.09. The van der Waals surface area contributed by atoms with Crippen molar-refractivity contribution >= 4 is 12.2 Å². The quantitative estimate of drug-likeness (QED) is 0.755. The molecule has 0 spiro atoms. The molecule has 1 unspecified atom stereocenters. The summed E-state index contributed by atoms with van der Waals surface area (Å²) in [5, 5.41) is 10.4. The largest absolute Gasteiger partial charge is 0.239 e. The van der Waals surface area contributed by atoms with E-state index in [-0.39, 0.29) is 0 Å². The van der Waals surface area contributed by atoms with E-state index < -0.39 is 0 Å². The predicted molar refractivity (Wildman–Crippen MR) is 51.8 cm³/mol. The lowest BCUT2D eigenvalue weighted by Gasteiger charge is -2.20. The zero-order valence-corrected chi connectivity index (χ0v) is 8.71. The lowest BCUT2D eigenvalue weighted by Crippen LogP contribution is -2.18. The Hall–Kier alpha value is -0.710. The summed E-state index contributed by atoms with van der Waals surface area (Å²) in [5.74, 6) is 1.36. The summed E-state index contributed by atoms with van der Waals surface area (Å²) in [5.41, 5.74) is 0. The van der Waals surface area contributed by atoms with Gasteiger partial charge in [0, 0.05) is 0 Å². The van der Waals surface area contributed by atoms with Crippen LogP contribution < -0.4 is 0 Å². The Balaban J connectivity index is 2.30. The minimum absolute atomic E-state index is 0.461. The highest BCUT2D eigenvalue weighted by Crippen LogP contribution is 2.43. The molecule has 5 heteroatoms. The Kier molecular flexibility index (Phi) is 2.19. The molecule has 0 saturated heterocycles. The molecule has 1 aromatic rings. The topological polar surface area (TPSA) is 46.5 Å². The smallest absolute Gasteiger partial charge is 0.238 e. The van der Waals surface area contributed by atoms with Crippen LogP contribution in [0.4, 0.5) is 0 Å². The average molecular weight is 198 g/mol. The van der Waals surface area contributed by atoms with Crippen molar-refractivity contribution in [3.63, 3.8) is 0 Å². The zero-order chi connectivity index (χ0) is 9.42. The third-order valence-corrected chi connectivity index (χ3v) is 2.86. The molecule has 1 N–H and O–H groups in total. The van der Waals surface area contributed by atoms with Gasteiger partial charge in [-0.15, -0.1) is 0 Å². The highest BCUT2D eigenvalue weighted by atomic mass is 32.1. The third-order valence-electron chi connectivity index (χ3n) is 2.58. The molecule has 1 aliphatic carbocycles. The van der Waals surface area contributed by atoms with Crippen LogP contribution in [0.5, 0.6) is 0 Å². The monoisotopic (exact) mass is 198 g/mol. The van der Waals surface area contributed by atoms with Gasteiger partial charge in [-0.3, -0.25) is 0 Å². The summed E-state index contributed by atoms with van der Waals surface area (Å²) in [6, 6.07) is 0.461. The molecule has 13 heavy (non-hydrogen) atoms. The first-order valence-electron chi connectivity index (χ1n) is 4.69. The van der Waals surface area contributed by atoms with Crippen molar-refractivity contribution in [3.05, 3.63) is 4.77 Å². The van der Waals surface area contributed by atoms with Gasteiger partial charge in [0.25, 0.3) is 0 Å². The van der Waals surface area contributed by atoms with Crippen LogP contribution in [0.1, 0.15) is 32.7 Å². The van der Waals surface area contributed by atoms with E-state index in [0.29, 0.717) is 16.7 Å². The predicted octanol–water partition coefficient (Wildman–Crippen LogP) is 1.94. The van der Waals surface area contributed by atoms with E-state index in [9.17, 15) is 0 Å². The van der Waals surface area contributed by atoms with Crippen LogP contribution in [0.25, 0.3) is 0 Å². The Morgan fingerprint density at radius 3 is 2.62 bits per heavy atom. The number of aromatic amines is 1. The van der Waals surface area contributed by atoms with Crippen molar-refractivity contribution < 1.29 is 0 Å². The van der Waals surface area contributed by atoms with Gasteiger partial charge in [-0.05, 0) is 36.9 Å². The first-order valence-corrected chi connectivity index (χ1v) is 5.10. The fourth-order valence-corrected chi connectivity index (χ4v) is 2.09. The molecule has 4 nitrogen and oxygen atoms in total. The van der Waals surface area contributed by atoms with E-state index in [1.807, 2.05) is 4.68 Å². The van der Waals surface area contributed by atoms with E-state index in [1.54, 1.807) is 0 Å². The van der Waals surface area contributed by atoms with Gasteiger partial charge in [-0.25, -0.2) is 4.68 Å². The fourth-order valence-electron chi connectivity index (χ4n) is 1.89. The molecule has 1 aliphatic rings. The van der Waals surface area contributed by atoms with E-state index in [2.05, 4.69) is 29.4 Å². The summed E-state index contributed by atoms with van der Waals surface area (Å²) >= 11 is 5.09. The number of hydrogen-bond donors (Lipinski definition) is 1. The molecule has 0 radical (unpaired) electrons. The number of tetrazole rings is 1. The number of nitrogens with zero attached hydrogens (tertiary/aromatic N) is 3. The van der Waals surface area contributed by atoms with Gasteiger partial charge in [0.05, 0.1) is 6.04 Å². The fraction of sp³-hybridized carbons (Fsp3) is 0.875. The van der Waals surface area contributed by atoms with Crippen molar-refractivity contribution in [1.29, 1.82) is 0 Å². The third kappa shape index (κ3) is 1.65. The number of H-pyrrole nitrogens is 1. The van der Waals surface area contributed by atoms with Crippen LogP contribution in [0.3, 0.4) is 0 Å². The van der Waals surface area contributed by atoms with Crippen LogP contribution in [0.2, 0.25) is 0 Å².